The van der Waals surface area contributed by atoms with Crippen LogP contribution in [0.2, 0.25) is 10.0 Å². The second-order valence-electron chi connectivity index (χ2n) is 8.74. The molecule has 7 nitrogen and oxygen atoms in total. The van der Waals surface area contributed by atoms with Gasteiger partial charge in [-0.1, -0.05) is 35.3 Å². The number of likely N-dealkylation sites (N-methyl/N-ethyl adjacent to an activating group) is 1. The van der Waals surface area contributed by atoms with Gasteiger partial charge in [0.05, 0.1) is 38.0 Å². The van der Waals surface area contributed by atoms with Crippen LogP contribution in [0.4, 0.5) is 5.69 Å². The third kappa shape index (κ3) is 5.73. The van der Waals surface area contributed by atoms with Crippen LogP contribution in [0.1, 0.15) is 12.0 Å². The van der Waals surface area contributed by atoms with Crippen LogP contribution in [0.25, 0.3) is 17.1 Å². The van der Waals surface area contributed by atoms with Crippen LogP contribution in [-0.4, -0.2) is 70.2 Å². The van der Waals surface area contributed by atoms with Gasteiger partial charge in [0.25, 0.3) is 5.91 Å². The number of carbonyl (C=O) groups is 1. The number of thioether (sulfide) groups is 1. The molecule has 0 atom stereocenters. The molecule has 3 aromatic rings. The van der Waals surface area contributed by atoms with E-state index in [0.717, 1.165) is 62.3 Å². The molecule has 0 unspecified atom stereocenters. The van der Waals surface area contributed by atoms with E-state index in [1.54, 1.807) is 18.2 Å². The second-order valence-corrected chi connectivity index (χ2v) is 10.6. The average Bonchev–Trinajstić information content (AvgIpc) is 3.40. The highest BCUT2D eigenvalue weighted by molar-refractivity contribution is 8.18. The molecular weight excluding hydrogens is 503 g/mol. The van der Waals surface area contributed by atoms with E-state index in [0.29, 0.717) is 25.8 Å². The maximum atomic E-state index is 12.5. The number of amides is 1. The number of nitrogens with zero attached hydrogens (tertiary/aromatic N) is 5. The van der Waals surface area contributed by atoms with E-state index >= 15 is 0 Å². The van der Waals surface area contributed by atoms with Crippen molar-refractivity contribution in [1.82, 2.24) is 19.4 Å². The Hall–Kier alpha value is -2.36. The minimum absolute atomic E-state index is 0.290. The first kappa shape index (κ1) is 24.3. The molecule has 182 valence electrons. The van der Waals surface area contributed by atoms with E-state index in [9.17, 15) is 4.79 Å². The Morgan fingerprint density at radius 3 is 2.63 bits per heavy atom. The fourth-order valence-electron chi connectivity index (χ4n) is 4.22. The van der Waals surface area contributed by atoms with E-state index in [4.69, 9.17) is 23.2 Å². The summed E-state index contributed by atoms with van der Waals surface area (Å²) in [4.78, 5) is 26.6. The van der Waals surface area contributed by atoms with Crippen LogP contribution in [0.5, 0.6) is 0 Å². The zero-order valence-electron chi connectivity index (χ0n) is 19.4. The smallest absolute Gasteiger partial charge is 0.286 e. The van der Waals surface area contributed by atoms with Crippen molar-refractivity contribution in [3.8, 4) is 0 Å². The zero-order chi connectivity index (χ0) is 24.4. The Morgan fingerprint density at radius 1 is 1.09 bits per heavy atom. The average molecular weight is 529 g/mol. The number of aliphatic imine (C=N–C) groups is 1. The highest BCUT2D eigenvalue weighted by Crippen LogP contribution is 2.34. The van der Waals surface area contributed by atoms with Gasteiger partial charge >= 0.3 is 0 Å². The van der Waals surface area contributed by atoms with Gasteiger partial charge in [-0.3, -0.25) is 4.79 Å². The minimum Gasteiger partial charge on any atom is -0.332 e. The number of benzene rings is 2. The number of amidine groups is 1. The molecule has 1 N–H and O–H groups in total. The predicted molar refractivity (Wildman–Crippen MR) is 146 cm³/mol. The lowest BCUT2D eigenvalue weighted by molar-refractivity contribution is -0.113. The third-order valence-electron chi connectivity index (χ3n) is 6.23. The van der Waals surface area contributed by atoms with Gasteiger partial charge in [0.1, 0.15) is 0 Å². The molecule has 0 spiro atoms. The molecule has 0 saturated carbocycles. The molecule has 1 saturated heterocycles. The molecule has 0 aliphatic carbocycles. The van der Waals surface area contributed by atoms with Crippen molar-refractivity contribution in [2.75, 3.05) is 45.1 Å². The summed E-state index contributed by atoms with van der Waals surface area (Å²) < 4.78 is 2.19. The quantitative estimate of drug-likeness (QED) is 0.451. The standard InChI is InChI=1S/C25H26Cl2N6OS/c1-31-10-12-32(13-11-31)8-3-9-33-16-28-20-7-6-17(14-21(20)33)15-22-24(34)30-25(35-22)29-23-18(26)4-2-5-19(23)27/h2,4-7,14-16H,3,8-13H2,1H3,(H,29,30,34)/b22-15-. The molecule has 0 bridgehead atoms. The molecule has 3 heterocycles. The monoisotopic (exact) mass is 528 g/mol. The van der Waals surface area contributed by atoms with Crippen LogP contribution in [0.15, 0.2) is 52.6 Å². The van der Waals surface area contributed by atoms with Crippen LogP contribution < -0.4 is 5.32 Å². The highest BCUT2D eigenvalue weighted by atomic mass is 35.5. The van der Waals surface area contributed by atoms with Crippen molar-refractivity contribution >= 4 is 68.8 Å². The normalized spacial score (nSPS) is 18.5. The predicted octanol–water partition coefficient (Wildman–Crippen LogP) is 5.06. The van der Waals surface area contributed by atoms with Crippen molar-refractivity contribution in [3.05, 3.63) is 63.2 Å². The summed E-state index contributed by atoms with van der Waals surface area (Å²) in [6, 6.07) is 11.3. The van der Waals surface area contributed by atoms with Gasteiger partial charge in [0, 0.05) is 32.7 Å². The first-order valence-corrected chi connectivity index (χ1v) is 13.1. The number of aryl methyl sites for hydroxylation is 1. The summed E-state index contributed by atoms with van der Waals surface area (Å²) in [5, 5.41) is 4.47. The van der Waals surface area contributed by atoms with Crippen LogP contribution >= 0.6 is 35.0 Å². The van der Waals surface area contributed by atoms with Gasteiger partial charge in [-0.05, 0) is 67.7 Å². The van der Waals surface area contributed by atoms with Gasteiger partial charge < -0.3 is 19.7 Å². The van der Waals surface area contributed by atoms with Gasteiger partial charge in [-0.2, -0.15) is 4.99 Å². The molecule has 0 radical (unpaired) electrons. The number of aromatic nitrogens is 2. The number of para-hydroxylation sites is 1. The Bertz CT molecular complexity index is 1290. The van der Waals surface area contributed by atoms with E-state index in [1.165, 1.54) is 11.8 Å². The molecule has 5 rings (SSSR count). The summed E-state index contributed by atoms with van der Waals surface area (Å²) in [6.45, 7) is 6.53. The molecular formula is C25H26Cl2N6OS. The molecule has 2 aliphatic rings. The SMILES string of the molecule is CN1CCN(CCCn2cnc3ccc(/C=C4\SC(Nc5c(Cl)cccc5Cl)=NC4=O)cc32)CC1. The van der Waals surface area contributed by atoms with Crippen LogP contribution in [0, 0.1) is 0 Å². The number of rotatable bonds is 6. The minimum atomic E-state index is -0.290. The van der Waals surface area contributed by atoms with Crippen molar-refractivity contribution in [2.45, 2.75) is 13.0 Å². The first-order chi connectivity index (χ1) is 17.0. The first-order valence-electron chi connectivity index (χ1n) is 11.6. The summed E-state index contributed by atoms with van der Waals surface area (Å²) in [5.74, 6) is -0.290. The number of carbonyl (C=O) groups excluding carboxylic acids is 1. The highest BCUT2D eigenvalue weighted by Gasteiger charge is 2.23. The lowest BCUT2D eigenvalue weighted by Gasteiger charge is -2.32. The van der Waals surface area contributed by atoms with E-state index in [-0.39, 0.29) is 5.91 Å². The summed E-state index contributed by atoms with van der Waals surface area (Å²) >= 11 is 13.7. The Morgan fingerprint density at radius 2 is 1.86 bits per heavy atom. The molecule has 2 aromatic carbocycles. The lowest BCUT2D eigenvalue weighted by Crippen LogP contribution is -2.44. The van der Waals surface area contributed by atoms with Crippen molar-refractivity contribution in [2.24, 2.45) is 4.99 Å². The maximum absolute atomic E-state index is 12.5. The number of halogens is 2. The number of hydrogen-bond acceptors (Lipinski definition) is 6. The van der Waals surface area contributed by atoms with Gasteiger partial charge in [0.15, 0.2) is 5.17 Å². The lowest BCUT2D eigenvalue weighted by atomic mass is 10.2. The number of piperazine rings is 1. The van der Waals surface area contributed by atoms with E-state index < -0.39 is 0 Å². The van der Waals surface area contributed by atoms with Crippen molar-refractivity contribution < 1.29 is 4.79 Å². The Kier molecular flexibility index (Phi) is 7.45. The number of nitrogens with one attached hydrogen (secondary N) is 1. The summed E-state index contributed by atoms with van der Waals surface area (Å²) in [6.07, 6.45) is 4.84. The number of imidazole rings is 1. The van der Waals surface area contributed by atoms with Gasteiger partial charge in [-0.25, -0.2) is 4.98 Å². The van der Waals surface area contributed by atoms with E-state index in [2.05, 4.69) is 42.8 Å². The molecule has 1 aromatic heterocycles. The van der Waals surface area contributed by atoms with Gasteiger partial charge in [-0.15, -0.1) is 0 Å². The summed E-state index contributed by atoms with van der Waals surface area (Å²) in [7, 11) is 2.18. The van der Waals surface area contributed by atoms with Crippen LogP contribution in [-0.2, 0) is 11.3 Å². The van der Waals surface area contributed by atoms with Gasteiger partial charge in [0.2, 0.25) is 0 Å². The van der Waals surface area contributed by atoms with Crippen molar-refractivity contribution in [3.63, 3.8) is 0 Å². The molecule has 10 heteroatoms. The number of anilines is 1. The Balaban J connectivity index is 1.25. The van der Waals surface area contributed by atoms with E-state index in [1.807, 2.05) is 24.5 Å². The van der Waals surface area contributed by atoms with Crippen LogP contribution in [0.3, 0.4) is 0 Å². The second kappa shape index (κ2) is 10.7. The third-order valence-corrected chi connectivity index (χ3v) is 7.76. The zero-order valence-corrected chi connectivity index (χ0v) is 21.7. The number of fused-ring (bicyclic) bond motifs is 1. The Labute approximate surface area is 218 Å². The topological polar surface area (TPSA) is 65.8 Å². The summed E-state index contributed by atoms with van der Waals surface area (Å²) in [5.41, 5.74) is 3.49. The molecule has 2 aliphatic heterocycles. The fraction of sp³-hybridized carbons (Fsp3) is 0.320. The largest absolute Gasteiger partial charge is 0.332 e. The number of hydrogen-bond donors (Lipinski definition) is 1. The fourth-order valence-corrected chi connectivity index (χ4v) is 5.53. The maximum Gasteiger partial charge on any atom is 0.286 e. The van der Waals surface area contributed by atoms with Crippen molar-refractivity contribution in [1.29, 1.82) is 0 Å². The molecule has 1 amide bonds. The molecule has 35 heavy (non-hydrogen) atoms. The molecule has 1 fully saturated rings.